The fourth-order valence-electron chi connectivity index (χ4n) is 2.98. The van der Waals surface area contributed by atoms with Gasteiger partial charge in [-0.3, -0.25) is 4.99 Å². The fourth-order valence-corrected chi connectivity index (χ4v) is 2.98. The molecule has 0 atom stereocenters. The molecule has 1 aromatic carbocycles. The van der Waals surface area contributed by atoms with Crippen molar-refractivity contribution in [2.45, 2.75) is 12.8 Å². The van der Waals surface area contributed by atoms with Crippen LogP contribution in [-0.2, 0) is 4.74 Å². The number of rotatable bonds is 7. The lowest BCUT2D eigenvalue weighted by Crippen LogP contribution is -2.46. The number of hydrogen-bond acceptors (Lipinski definition) is 3. The second-order valence-corrected chi connectivity index (χ2v) is 6.47. The zero-order valence-electron chi connectivity index (χ0n) is 15.9. The average molecular weight is 345 g/mol. The zero-order valence-corrected chi connectivity index (χ0v) is 15.9. The number of methoxy groups -OCH3 is 1. The Kier molecular flexibility index (Phi) is 8.49. The summed E-state index contributed by atoms with van der Waals surface area (Å²) >= 11 is 0. The summed E-state index contributed by atoms with van der Waals surface area (Å²) in [7, 11) is 5.72. The maximum absolute atomic E-state index is 5.11. The molecule has 1 N–H and O–H groups in total. The Hall–Kier alpha value is -1.85. The number of piperidine rings is 1. The van der Waals surface area contributed by atoms with E-state index >= 15 is 0 Å². The first-order valence-electron chi connectivity index (χ1n) is 9.10. The highest BCUT2D eigenvalue weighted by molar-refractivity contribution is 5.80. The number of nitrogens with zero attached hydrogens (tertiary/aromatic N) is 3. The van der Waals surface area contributed by atoms with Crippen molar-refractivity contribution in [1.29, 1.82) is 0 Å². The van der Waals surface area contributed by atoms with Gasteiger partial charge in [0.25, 0.3) is 0 Å². The summed E-state index contributed by atoms with van der Waals surface area (Å²) in [6.45, 7) is 5.66. The number of aliphatic imine (C=N–C) groups is 1. The monoisotopic (exact) mass is 344 g/mol. The van der Waals surface area contributed by atoms with Gasteiger partial charge < -0.3 is 19.9 Å². The number of guanidine groups is 1. The van der Waals surface area contributed by atoms with Crippen LogP contribution in [0.15, 0.2) is 40.9 Å². The van der Waals surface area contributed by atoms with E-state index in [-0.39, 0.29) is 0 Å². The van der Waals surface area contributed by atoms with Crippen LogP contribution in [0.1, 0.15) is 18.4 Å². The Morgan fingerprint density at radius 2 is 1.96 bits per heavy atom. The van der Waals surface area contributed by atoms with Crippen LogP contribution < -0.4 is 5.32 Å². The molecule has 0 amide bonds. The van der Waals surface area contributed by atoms with Gasteiger partial charge in [-0.2, -0.15) is 0 Å². The van der Waals surface area contributed by atoms with Crippen molar-refractivity contribution >= 4 is 12.0 Å². The molecule has 5 heteroatoms. The molecule has 0 bridgehead atoms. The minimum Gasteiger partial charge on any atom is -0.383 e. The lowest BCUT2D eigenvalue weighted by molar-refractivity contribution is 0.162. The lowest BCUT2D eigenvalue weighted by Gasteiger charge is -2.31. The van der Waals surface area contributed by atoms with Crippen molar-refractivity contribution in [3.05, 3.63) is 41.5 Å². The largest absolute Gasteiger partial charge is 0.383 e. The van der Waals surface area contributed by atoms with E-state index in [4.69, 9.17) is 4.74 Å². The zero-order chi connectivity index (χ0) is 17.9. The van der Waals surface area contributed by atoms with Crippen LogP contribution in [0.4, 0.5) is 0 Å². The third-order valence-electron chi connectivity index (χ3n) is 4.54. The molecule has 1 saturated heterocycles. The Balaban J connectivity index is 1.75. The molecule has 1 heterocycles. The molecule has 0 aliphatic carbocycles. The fraction of sp³-hybridized carbons (Fsp3) is 0.550. The first-order chi connectivity index (χ1) is 12.2. The quantitative estimate of drug-likeness (QED) is 0.609. The number of likely N-dealkylation sites (tertiary alicyclic amines) is 1. The molecule has 5 nitrogen and oxygen atoms in total. The molecule has 138 valence electrons. The molecule has 1 aliphatic rings. The number of ether oxygens (including phenoxy) is 1. The second kappa shape index (κ2) is 10.9. The molecule has 0 radical (unpaired) electrons. The van der Waals surface area contributed by atoms with Gasteiger partial charge in [-0.25, -0.2) is 0 Å². The topological polar surface area (TPSA) is 40.1 Å². The van der Waals surface area contributed by atoms with Crippen molar-refractivity contribution in [2.24, 2.45) is 4.99 Å². The Morgan fingerprint density at radius 3 is 2.60 bits per heavy atom. The molecule has 0 saturated carbocycles. The summed E-state index contributed by atoms with van der Waals surface area (Å²) in [5, 5.41) is 3.48. The molecule has 25 heavy (non-hydrogen) atoms. The Bertz CT molecular complexity index is 546. The van der Waals surface area contributed by atoms with Crippen LogP contribution in [0.5, 0.6) is 0 Å². The van der Waals surface area contributed by atoms with Crippen molar-refractivity contribution in [3.8, 4) is 0 Å². The molecule has 1 aliphatic heterocycles. The highest BCUT2D eigenvalue weighted by Gasteiger charge is 2.17. The van der Waals surface area contributed by atoms with Crippen molar-refractivity contribution in [3.63, 3.8) is 0 Å². The van der Waals surface area contributed by atoms with Crippen LogP contribution in [0.25, 0.3) is 6.08 Å². The van der Waals surface area contributed by atoms with E-state index in [1.807, 2.05) is 7.05 Å². The third kappa shape index (κ3) is 6.88. The van der Waals surface area contributed by atoms with Crippen LogP contribution in [0.3, 0.4) is 0 Å². The summed E-state index contributed by atoms with van der Waals surface area (Å²) in [5.74, 6) is 1.01. The summed E-state index contributed by atoms with van der Waals surface area (Å²) in [6.07, 6.45) is 4.53. The van der Waals surface area contributed by atoms with E-state index in [9.17, 15) is 0 Å². The molecular formula is C20H32N4O. The van der Waals surface area contributed by atoms with Gasteiger partial charge in [0.2, 0.25) is 0 Å². The van der Waals surface area contributed by atoms with Crippen molar-refractivity contribution < 1.29 is 4.74 Å². The summed E-state index contributed by atoms with van der Waals surface area (Å²) in [5.41, 5.74) is 2.82. The normalized spacial score (nSPS) is 15.6. The van der Waals surface area contributed by atoms with E-state index in [0.717, 1.165) is 58.1 Å². The first-order valence-corrected chi connectivity index (χ1v) is 9.10. The first kappa shape index (κ1) is 19.5. The number of likely N-dealkylation sites (N-methyl/N-ethyl adjacent to an activating group) is 1. The SMILES string of the molecule is CN=C(NCCN(C)CCOC)N1CCC(=Cc2ccccc2)CC1. The minimum absolute atomic E-state index is 0.772. The van der Waals surface area contributed by atoms with Crippen LogP contribution in [0, 0.1) is 0 Å². The van der Waals surface area contributed by atoms with Gasteiger partial charge in [0.05, 0.1) is 6.61 Å². The number of nitrogens with one attached hydrogen (secondary N) is 1. The molecule has 2 rings (SSSR count). The maximum Gasteiger partial charge on any atom is 0.193 e. The third-order valence-corrected chi connectivity index (χ3v) is 4.54. The van der Waals surface area contributed by atoms with E-state index in [1.165, 1.54) is 11.1 Å². The van der Waals surface area contributed by atoms with Gasteiger partial charge in [0.15, 0.2) is 5.96 Å². The highest BCUT2D eigenvalue weighted by Crippen LogP contribution is 2.19. The van der Waals surface area contributed by atoms with Gasteiger partial charge in [0, 0.05) is 46.9 Å². The van der Waals surface area contributed by atoms with E-state index in [2.05, 4.69) is 63.6 Å². The second-order valence-electron chi connectivity index (χ2n) is 6.47. The molecule has 0 spiro atoms. The maximum atomic E-state index is 5.11. The van der Waals surface area contributed by atoms with Gasteiger partial charge in [-0.15, -0.1) is 0 Å². The predicted molar refractivity (Wildman–Crippen MR) is 106 cm³/mol. The van der Waals surface area contributed by atoms with E-state index in [0.29, 0.717) is 0 Å². The van der Waals surface area contributed by atoms with Gasteiger partial charge in [-0.1, -0.05) is 42.0 Å². The Morgan fingerprint density at radius 1 is 1.24 bits per heavy atom. The molecule has 1 fully saturated rings. The smallest absolute Gasteiger partial charge is 0.193 e. The molecular weight excluding hydrogens is 312 g/mol. The van der Waals surface area contributed by atoms with Crippen LogP contribution in [-0.4, -0.2) is 76.3 Å². The molecule has 0 aromatic heterocycles. The van der Waals surface area contributed by atoms with Crippen molar-refractivity contribution in [1.82, 2.24) is 15.1 Å². The number of hydrogen-bond donors (Lipinski definition) is 1. The molecule has 0 unspecified atom stereocenters. The lowest BCUT2D eigenvalue weighted by atomic mass is 10.0. The van der Waals surface area contributed by atoms with E-state index < -0.39 is 0 Å². The van der Waals surface area contributed by atoms with Crippen molar-refractivity contribution in [2.75, 3.05) is 60.5 Å². The summed E-state index contributed by atoms with van der Waals surface area (Å²) in [6, 6.07) is 10.6. The van der Waals surface area contributed by atoms with Gasteiger partial charge >= 0.3 is 0 Å². The summed E-state index contributed by atoms with van der Waals surface area (Å²) < 4.78 is 5.11. The van der Waals surface area contributed by atoms with E-state index in [1.54, 1.807) is 7.11 Å². The predicted octanol–water partition coefficient (Wildman–Crippen LogP) is 2.32. The average Bonchev–Trinajstić information content (AvgIpc) is 2.65. The Labute approximate surface area is 152 Å². The highest BCUT2D eigenvalue weighted by atomic mass is 16.5. The van der Waals surface area contributed by atoms with Gasteiger partial charge in [-0.05, 0) is 25.5 Å². The standard InChI is InChI=1S/C20H32N4O/c1-21-20(22-11-14-23(2)15-16-25-3)24-12-9-19(10-13-24)17-18-7-5-4-6-8-18/h4-8,17H,9-16H2,1-3H3,(H,21,22). The minimum atomic E-state index is 0.772. The summed E-state index contributed by atoms with van der Waals surface area (Å²) in [4.78, 5) is 9.07. The van der Waals surface area contributed by atoms with Crippen LogP contribution >= 0.6 is 0 Å². The van der Waals surface area contributed by atoms with Crippen LogP contribution in [0.2, 0.25) is 0 Å². The number of benzene rings is 1. The van der Waals surface area contributed by atoms with Gasteiger partial charge in [0.1, 0.15) is 0 Å². The molecule has 1 aromatic rings.